The SMILES string of the molecule is COc1ccc(N=N/C(C#N)=C2/[C@H]3C(=O)N(c4ccccc4)C(=O)[C@H]3[C@H]3CCCN23)cc1. The zero-order chi connectivity index (χ0) is 22.2. The first-order chi connectivity index (χ1) is 15.6. The van der Waals surface area contributed by atoms with E-state index in [-0.39, 0.29) is 23.6 Å². The van der Waals surface area contributed by atoms with Gasteiger partial charge in [-0.2, -0.15) is 5.26 Å². The van der Waals surface area contributed by atoms with E-state index in [9.17, 15) is 14.9 Å². The average Bonchev–Trinajstić information content (AvgIpc) is 3.48. The molecule has 3 fully saturated rings. The molecule has 0 bridgehead atoms. The van der Waals surface area contributed by atoms with E-state index in [0.717, 1.165) is 12.8 Å². The van der Waals surface area contributed by atoms with Gasteiger partial charge in [0.25, 0.3) is 0 Å². The van der Waals surface area contributed by atoms with Gasteiger partial charge in [0.1, 0.15) is 11.8 Å². The maximum Gasteiger partial charge on any atom is 0.243 e. The van der Waals surface area contributed by atoms with Gasteiger partial charge in [-0.05, 0) is 49.2 Å². The molecule has 8 heteroatoms. The van der Waals surface area contributed by atoms with Crippen molar-refractivity contribution in [2.75, 3.05) is 18.6 Å². The number of rotatable bonds is 4. The van der Waals surface area contributed by atoms with Crippen molar-refractivity contribution in [3.8, 4) is 11.8 Å². The highest BCUT2D eigenvalue weighted by Gasteiger charge is 2.61. The lowest BCUT2D eigenvalue weighted by atomic mass is 9.89. The fourth-order valence-corrected chi connectivity index (χ4v) is 5.01. The predicted molar refractivity (Wildman–Crippen MR) is 116 cm³/mol. The number of benzene rings is 2. The number of nitriles is 1. The molecule has 0 saturated carbocycles. The first kappa shape index (κ1) is 19.9. The zero-order valence-corrected chi connectivity index (χ0v) is 17.5. The third-order valence-electron chi connectivity index (χ3n) is 6.37. The summed E-state index contributed by atoms with van der Waals surface area (Å²) in [5.74, 6) is -1.03. The number of anilines is 1. The number of hydrogen-bond acceptors (Lipinski definition) is 7. The van der Waals surface area contributed by atoms with Gasteiger partial charge in [-0.3, -0.25) is 9.59 Å². The second-order valence-electron chi connectivity index (χ2n) is 8.00. The quantitative estimate of drug-likeness (QED) is 0.420. The Morgan fingerprint density at radius 3 is 2.53 bits per heavy atom. The molecule has 3 aliphatic heterocycles. The fraction of sp³-hybridized carbons (Fsp3) is 0.292. The molecule has 2 aromatic carbocycles. The summed E-state index contributed by atoms with van der Waals surface area (Å²) in [6.45, 7) is 0.697. The molecule has 32 heavy (non-hydrogen) atoms. The van der Waals surface area contributed by atoms with Crippen LogP contribution in [0.4, 0.5) is 11.4 Å². The summed E-state index contributed by atoms with van der Waals surface area (Å²) < 4.78 is 5.15. The van der Waals surface area contributed by atoms with Gasteiger partial charge >= 0.3 is 0 Å². The van der Waals surface area contributed by atoms with Crippen molar-refractivity contribution in [1.82, 2.24) is 4.90 Å². The summed E-state index contributed by atoms with van der Waals surface area (Å²) in [6.07, 6.45) is 1.71. The number of para-hydroxylation sites is 1. The van der Waals surface area contributed by atoms with Gasteiger partial charge in [0.15, 0.2) is 5.70 Å². The third-order valence-corrected chi connectivity index (χ3v) is 6.37. The smallest absolute Gasteiger partial charge is 0.243 e. The van der Waals surface area contributed by atoms with Crippen molar-refractivity contribution >= 4 is 23.2 Å². The Morgan fingerprint density at radius 1 is 1.09 bits per heavy atom. The molecule has 0 aliphatic carbocycles. The highest BCUT2D eigenvalue weighted by atomic mass is 16.5. The first-order valence-electron chi connectivity index (χ1n) is 10.5. The normalized spacial score (nSPS) is 25.8. The fourth-order valence-electron chi connectivity index (χ4n) is 5.01. The van der Waals surface area contributed by atoms with Crippen LogP contribution in [0.15, 0.2) is 76.2 Å². The van der Waals surface area contributed by atoms with E-state index in [0.29, 0.717) is 29.4 Å². The summed E-state index contributed by atoms with van der Waals surface area (Å²) in [5, 5.41) is 18.3. The Balaban J connectivity index is 1.55. The Morgan fingerprint density at radius 2 is 1.84 bits per heavy atom. The number of ether oxygens (including phenoxy) is 1. The number of imide groups is 1. The topological polar surface area (TPSA) is 98.4 Å². The van der Waals surface area contributed by atoms with E-state index in [1.807, 2.05) is 11.0 Å². The van der Waals surface area contributed by atoms with E-state index in [1.165, 1.54) is 4.90 Å². The molecule has 0 radical (unpaired) electrons. The first-order valence-corrected chi connectivity index (χ1v) is 10.5. The Labute approximate surface area is 185 Å². The molecule has 0 unspecified atom stereocenters. The molecule has 160 valence electrons. The number of allylic oxidation sites excluding steroid dienone is 1. The highest BCUT2D eigenvalue weighted by molar-refractivity contribution is 6.23. The van der Waals surface area contributed by atoms with Crippen LogP contribution in [-0.2, 0) is 9.59 Å². The van der Waals surface area contributed by atoms with Gasteiger partial charge in [-0.1, -0.05) is 18.2 Å². The summed E-state index contributed by atoms with van der Waals surface area (Å²) >= 11 is 0. The number of azo groups is 1. The average molecular weight is 427 g/mol. The largest absolute Gasteiger partial charge is 0.497 e. The molecule has 3 saturated heterocycles. The molecule has 8 nitrogen and oxygen atoms in total. The molecule has 5 rings (SSSR count). The number of fused-ring (bicyclic) bond motifs is 3. The van der Waals surface area contributed by atoms with E-state index in [1.54, 1.807) is 55.6 Å². The predicted octanol–water partition coefficient (Wildman–Crippen LogP) is 3.80. The molecular weight excluding hydrogens is 406 g/mol. The van der Waals surface area contributed by atoms with E-state index in [2.05, 4.69) is 16.3 Å². The Kier molecular flexibility index (Phi) is 4.94. The van der Waals surface area contributed by atoms with Gasteiger partial charge in [0.2, 0.25) is 11.8 Å². The van der Waals surface area contributed by atoms with Crippen LogP contribution in [0.3, 0.4) is 0 Å². The van der Waals surface area contributed by atoms with Crippen LogP contribution >= 0.6 is 0 Å². The van der Waals surface area contributed by atoms with Crippen LogP contribution in [0.5, 0.6) is 5.75 Å². The Bertz CT molecular complexity index is 1170. The number of carbonyl (C=O) groups is 2. The molecule has 3 heterocycles. The monoisotopic (exact) mass is 427 g/mol. The third kappa shape index (κ3) is 3.05. The van der Waals surface area contributed by atoms with Crippen molar-refractivity contribution in [3.63, 3.8) is 0 Å². The number of nitrogens with zero attached hydrogens (tertiary/aromatic N) is 5. The van der Waals surface area contributed by atoms with Gasteiger partial charge in [-0.25, -0.2) is 4.90 Å². The number of methoxy groups -OCH3 is 1. The minimum atomic E-state index is -0.711. The van der Waals surface area contributed by atoms with Gasteiger partial charge in [0, 0.05) is 12.6 Å². The number of hydrogen-bond donors (Lipinski definition) is 0. The van der Waals surface area contributed by atoms with Crippen molar-refractivity contribution in [2.45, 2.75) is 18.9 Å². The van der Waals surface area contributed by atoms with Crippen LogP contribution in [0, 0.1) is 23.2 Å². The van der Waals surface area contributed by atoms with Gasteiger partial charge in [0.05, 0.1) is 36.0 Å². The lowest BCUT2D eigenvalue weighted by Gasteiger charge is -2.25. The van der Waals surface area contributed by atoms with E-state index >= 15 is 0 Å². The highest BCUT2D eigenvalue weighted by Crippen LogP contribution is 2.50. The van der Waals surface area contributed by atoms with Crippen molar-refractivity contribution in [3.05, 3.63) is 66.0 Å². The molecule has 0 N–H and O–H groups in total. The van der Waals surface area contributed by atoms with Gasteiger partial charge < -0.3 is 9.64 Å². The summed E-state index contributed by atoms with van der Waals surface area (Å²) in [4.78, 5) is 30.1. The van der Waals surface area contributed by atoms with Crippen LogP contribution < -0.4 is 9.64 Å². The van der Waals surface area contributed by atoms with Crippen LogP contribution in [0.2, 0.25) is 0 Å². The second kappa shape index (κ2) is 7.93. The number of carbonyl (C=O) groups excluding carboxylic acids is 2. The molecule has 2 aromatic rings. The lowest BCUT2D eigenvalue weighted by Crippen LogP contribution is -2.37. The molecule has 0 spiro atoms. The van der Waals surface area contributed by atoms with E-state index < -0.39 is 11.8 Å². The molecule has 2 amide bonds. The molecular formula is C24H21N5O3. The second-order valence-corrected chi connectivity index (χ2v) is 8.00. The van der Waals surface area contributed by atoms with Crippen molar-refractivity contribution in [2.24, 2.45) is 22.1 Å². The molecule has 0 aromatic heterocycles. The maximum absolute atomic E-state index is 13.5. The van der Waals surface area contributed by atoms with Crippen LogP contribution in [-0.4, -0.2) is 36.4 Å². The summed E-state index contributed by atoms with van der Waals surface area (Å²) in [5.41, 5.74) is 1.72. The van der Waals surface area contributed by atoms with Crippen LogP contribution in [0.1, 0.15) is 12.8 Å². The molecule has 3 aliphatic rings. The van der Waals surface area contributed by atoms with Crippen molar-refractivity contribution < 1.29 is 14.3 Å². The number of amides is 2. The Hall–Kier alpha value is -3.99. The lowest BCUT2D eigenvalue weighted by molar-refractivity contribution is -0.123. The van der Waals surface area contributed by atoms with Crippen molar-refractivity contribution in [1.29, 1.82) is 5.26 Å². The molecule has 3 atom stereocenters. The summed E-state index contributed by atoms with van der Waals surface area (Å²) in [6, 6.07) is 17.9. The van der Waals surface area contributed by atoms with Gasteiger partial charge in [-0.15, -0.1) is 10.2 Å². The summed E-state index contributed by atoms with van der Waals surface area (Å²) in [7, 11) is 1.58. The minimum Gasteiger partial charge on any atom is -0.497 e. The maximum atomic E-state index is 13.5. The van der Waals surface area contributed by atoms with Crippen LogP contribution in [0.25, 0.3) is 0 Å². The van der Waals surface area contributed by atoms with E-state index in [4.69, 9.17) is 4.74 Å². The standard InChI is InChI=1S/C24H21N5O3/c1-32-17-11-9-15(10-12-17)26-27-18(14-25)22-21-20(19-8-5-13-28(19)22)23(30)29(24(21)31)16-6-3-2-4-7-16/h2-4,6-7,9-12,19-21H,5,8,13H2,1H3/b22-18-,27-26?/t19-,20+,21+/m1/s1. The minimum absolute atomic E-state index is 0.0799. The zero-order valence-electron chi connectivity index (χ0n) is 17.5.